The van der Waals surface area contributed by atoms with Gasteiger partial charge >= 0.3 is 11.9 Å². The Labute approximate surface area is 126 Å². The van der Waals surface area contributed by atoms with Gasteiger partial charge in [0.15, 0.2) is 0 Å². The van der Waals surface area contributed by atoms with Gasteiger partial charge in [-0.2, -0.15) is 13.2 Å². The molecule has 1 aromatic rings. The average molecular weight is 406 g/mol. The van der Waals surface area contributed by atoms with Gasteiger partial charge in [-0.3, -0.25) is 13.9 Å². The van der Waals surface area contributed by atoms with Gasteiger partial charge in [-0.25, -0.2) is 4.79 Å². The summed E-state index contributed by atoms with van der Waals surface area (Å²) in [4.78, 5) is 23.8. The van der Waals surface area contributed by atoms with Crippen molar-refractivity contribution in [1.29, 1.82) is 0 Å². The molecule has 0 bridgehead atoms. The van der Waals surface area contributed by atoms with E-state index >= 15 is 0 Å². The van der Waals surface area contributed by atoms with E-state index in [4.69, 9.17) is 0 Å². The number of alkyl halides is 3. The third kappa shape index (κ3) is 4.93. The summed E-state index contributed by atoms with van der Waals surface area (Å²) in [7, 11) is 0. The summed E-state index contributed by atoms with van der Waals surface area (Å²) in [5.41, 5.74) is -1.05. The Hall–Kier alpha value is -0.840. The second-order valence-corrected chi connectivity index (χ2v) is 5.24. The molecule has 9 heteroatoms. The molecule has 0 radical (unpaired) electrons. The van der Waals surface area contributed by atoms with Crippen molar-refractivity contribution >= 4 is 22.6 Å². The second kappa shape index (κ2) is 7.25. The van der Waals surface area contributed by atoms with Gasteiger partial charge in [0.1, 0.15) is 6.61 Å². The maximum absolute atomic E-state index is 12.0. The zero-order chi connectivity index (χ0) is 15.3. The van der Waals surface area contributed by atoms with Crippen LogP contribution in [-0.2, 0) is 17.8 Å². The summed E-state index contributed by atoms with van der Waals surface area (Å²) in [6.07, 6.45) is -2.26. The number of aromatic nitrogens is 2. The van der Waals surface area contributed by atoms with Crippen LogP contribution in [0.3, 0.4) is 0 Å². The highest BCUT2D eigenvalue weighted by atomic mass is 127. The maximum Gasteiger partial charge on any atom is 0.411 e. The van der Waals surface area contributed by atoms with Crippen LogP contribution in [0, 0.1) is 3.57 Å². The quantitative estimate of drug-likeness (QED) is 0.533. The molecule has 0 atom stereocenters. The highest BCUT2D eigenvalue weighted by Gasteiger charge is 2.27. The maximum atomic E-state index is 12.0. The molecule has 0 unspecified atom stereocenters. The smallest absolute Gasteiger partial charge is 0.370 e. The second-order valence-electron chi connectivity index (χ2n) is 4.08. The minimum Gasteiger partial charge on any atom is -0.370 e. The van der Waals surface area contributed by atoms with E-state index in [9.17, 15) is 22.8 Å². The van der Waals surface area contributed by atoms with E-state index in [1.165, 1.54) is 10.8 Å². The molecule has 5 nitrogen and oxygen atoms in total. The van der Waals surface area contributed by atoms with E-state index in [2.05, 4.69) is 4.74 Å². The Morgan fingerprint density at radius 2 is 1.95 bits per heavy atom. The summed E-state index contributed by atoms with van der Waals surface area (Å²) in [5.74, 6) is 0. The van der Waals surface area contributed by atoms with Crippen LogP contribution in [0.2, 0.25) is 0 Å². The fourth-order valence-corrected chi connectivity index (χ4v) is 2.19. The lowest BCUT2D eigenvalue weighted by molar-refractivity contribution is -0.174. The molecular formula is C11H14F3IN2O3. The molecule has 1 aromatic heterocycles. The van der Waals surface area contributed by atoms with E-state index in [-0.39, 0.29) is 13.2 Å². The van der Waals surface area contributed by atoms with Crippen molar-refractivity contribution in [3.8, 4) is 0 Å². The normalized spacial score (nSPS) is 11.8. The Balaban J connectivity index is 2.84. The Bertz CT molecular complexity index is 566. The number of hydrogen-bond acceptors (Lipinski definition) is 3. The minimum absolute atomic E-state index is 0.200. The summed E-state index contributed by atoms with van der Waals surface area (Å²) >= 11 is 1.79. The standard InChI is InChI=1S/C11H14F3IN2O3/c1-2-3-16-6-8(15)9(18)17(10(16)19)4-5-20-7-11(12,13)14/h6H,2-5,7H2,1H3. The number of halogens is 4. The van der Waals surface area contributed by atoms with Crippen LogP contribution in [0.4, 0.5) is 13.2 Å². The predicted octanol–water partition coefficient (Wildman–Crippen LogP) is 1.60. The lowest BCUT2D eigenvalue weighted by Crippen LogP contribution is -2.42. The molecule has 1 rings (SSSR count). The first kappa shape index (κ1) is 17.2. The van der Waals surface area contributed by atoms with Crippen molar-refractivity contribution in [2.75, 3.05) is 13.2 Å². The van der Waals surface area contributed by atoms with Crippen molar-refractivity contribution in [2.24, 2.45) is 0 Å². The van der Waals surface area contributed by atoms with E-state index in [1.54, 1.807) is 22.6 Å². The van der Waals surface area contributed by atoms with Crippen LogP contribution in [0.25, 0.3) is 0 Å². The van der Waals surface area contributed by atoms with Crippen molar-refractivity contribution in [3.05, 3.63) is 30.6 Å². The highest BCUT2D eigenvalue weighted by Crippen LogP contribution is 2.14. The van der Waals surface area contributed by atoms with Gasteiger partial charge in [-0.1, -0.05) is 6.92 Å². The van der Waals surface area contributed by atoms with Gasteiger partial charge in [0.05, 0.1) is 16.7 Å². The molecule has 0 saturated heterocycles. The van der Waals surface area contributed by atoms with Crippen molar-refractivity contribution in [1.82, 2.24) is 9.13 Å². The van der Waals surface area contributed by atoms with Crippen molar-refractivity contribution in [3.63, 3.8) is 0 Å². The molecule has 0 aromatic carbocycles. The molecule has 0 aliphatic heterocycles. The minimum atomic E-state index is -4.42. The van der Waals surface area contributed by atoms with E-state index in [0.29, 0.717) is 16.5 Å². The number of rotatable bonds is 6. The van der Waals surface area contributed by atoms with Crippen LogP contribution in [0.15, 0.2) is 15.8 Å². The van der Waals surface area contributed by atoms with Crippen molar-refractivity contribution < 1.29 is 17.9 Å². The van der Waals surface area contributed by atoms with Gasteiger partial charge in [0, 0.05) is 12.7 Å². The Kier molecular flexibility index (Phi) is 6.24. The lowest BCUT2D eigenvalue weighted by atomic mass is 10.4. The van der Waals surface area contributed by atoms with Gasteiger partial charge in [-0.05, 0) is 29.0 Å². The number of ether oxygens (including phenoxy) is 1. The Morgan fingerprint density at radius 1 is 1.30 bits per heavy atom. The van der Waals surface area contributed by atoms with Crippen LogP contribution in [0.1, 0.15) is 13.3 Å². The summed E-state index contributed by atoms with van der Waals surface area (Å²) in [6.45, 7) is 0.379. The van der Waals surface area contributed by atoms with E-state index < -0.39 is 24.0 Å². The number of hydrogen-bond donors (Lipinski definition) is 0. The summed E-state index contributed by atoms with van der Waals surface area (Å²) < 4.78 is 42.7. The van der Waals surface area contributed by atoms with Crippen LogP contribution < -0.4 is 11.2 Å². The van der Waals surface area contributed by atoms with E-state index in [1.807, 2.05) is 6.92 Å². The summed E-state index contributed by atoms with van der Waals surface area (Å²) in [6, 6.07) is 0. The largest absolute Gasteiger partial charge is 0.411 e. The fourth-order valence-electron chi connectivity index (χ4n) is 1.56. The highest BCUT2D eigenvalue weighted by molar-refractivity contribution is 14.1. The third-order valence-electron chi connectivity index (χ3n) is 2.38. The topological polar surface area (TPSA) is 53.2 Å². The van der Waals surface area contributed by atoms with E-state index in [0.717, 1.165) is 4.57 Å². The first-order valence-electron chi connectivity index (χ1n) is 5.90. The molecule has 0 spiro atoms. The zero-order valence-electron chi connectivity index (χ0n) is 10.7. The molecule has 0 fully saturated rings. The monoisotopic (exact) mass is 406 g/mol. The molecule has 1 heterocycles. The van der Waals surface area contributed by atoms with Crippen LogP contribution >= 0.6 is 22.6 Å². The summed E-state index contributed by atoms with van der Waals surface area (Å²) in [5, 5.41) is 0. The Morgan fingerprint density at radius 3 is 2.50 bits per heavy atom. The first-order valence-corrected chi connectivity index (χ1v) is 6.98. The molecule has 0 amide bonds. The van der Waals surface area contributed by atoms with Crippen LogP contribution in [-0.4, -0.2) is 28.5 Å². The van der Waals surface area contributed by atoms with Gasteiger partial charge in [-0.15, -0.1) is 0 Å². The average Bonchev–Trinajstić information content (AvgIpc) is 2.34. The van der Waals surface area contributed by atoms with Crippen molar-refractivity contribution in [2.45, 2.75) is 32.6 Å². The molecule has 0 aliphatic rings. The molecule has 0 saturated carbocycles. The molecule has 0 aliphatic carbocycles. The number of aryl methyl sites for hydroxylation is 1. The predicted molar refractivity (Wildman–Crippen MR) is 74.8 cm³/mol. The third-order valence-corrected chi connectivity index (χ3v) is 3.12. The molecule has 0 N–H and O–H groups in total. The molecule has 114 valence electrons. The molecule has 20 heavy (non-hydrogen) atoms. The zero-order valence-corrected chi connectivity index (χ0v) is 12.9. The van der Waals surface area contributed by atoms with Crippen LogP contribution in [0.5, 0.6) is 0 Å². The first-order chi connectivity index (χ1) is 9.26. The van der Waals surface area contributed by atoms with Gasteiger partial charge < -0.3 is 4.74 Å². The number of nitrogens with zero attached hydrogens (tertiary/aromatic N) is 2. The van der Waals surface area contributed by atoms with Gasteiger partial charge in [0.25, 0.3) is 5.56 Å². The SMILES string of the molecule is CCCn1cc(I)c(=O)n(CCOCC(F)(F)F)c1=O. The molecular weight excluding hydrogens is 392 g/mol. The lowest BCUT2D eigenvalue weighted by Gasteiger charge is -2.11. The fraction of sp³-hybridized carbons (Fsp3) is 0.636. The van der Waals surface area contributed by atoms with Gasteiger partial charge in [0.2, 0.25) is 0 Å².